The predicted octanol–water partition coefficient (Wildman–Crippen LogP) is 7.09. The van der Waals surface area contributed by atoms with E-state index in [1.54, 1.807) is 6.07 Å². The second-order valence-corrected chi connectivity index (χ2v) is 8.15. The Balaban J connectivity index is 1.89. The summed E-state index contributed by atoms with van der Waals surface area (Å²) in [7, 11) is 0. The Hall–Kier alpha value is -1.96. The van der Waals surface area contributed by atoms with Crippen molar-refractivity contribution >= 4 is 0 Å². The van der Waals surface area contributed by atoms with Crippen LogP contribution in [0.1, 0.15) is 76.8 Å². The lowest BCUT2D eigenvalue weighted by Gasteiger charge is -2.28. The number of benzene rings is 2. The van der Waals surface area contributed by atoms with Crippen molar-refractivity contribution in [2.24, 2.45) is 0 Å². The van der Waals surface area contributed by atoms with Crippen LogP contribution in [0.25, 0.3) is 0 Å². The van der Waals surface area contributed by atoms with Gasteiger partial charge in [0, 0.05) is 6.42 Å². The predicted molar refractivity (Wildman–Crippen MR) is 115 cm³/mol. The topological polar surface area (TPSA) is 29.5 Å². The van der Waals surface area contributed by atoms with Gasteiger partial charge in [-0.2, -0.15) is 0 Å². The van der Waals surface area contributed by atoms with Gasteiger partial charge in [0.05, 0.1) is 0 Å². The van der Waals surface area contributed by atoms with E-state index in [9.17, 15) is 5.11 Å². The molecule has 0 radical (unpaired) electrons. The van der Waals surface area contributed by atoms with E-state index in [0.29, 0.717) is 12.2 Å². The van der Waals surface area contributed by atoms with E-state index in [-0.39, 0.29) is 5.60 Å². The van der Waals surface area contributed by atoms with Gasteiger partial charge in [0.1, 0.15) is 17.1 Å². The van der Waals surface area contributed by atoms with Crippen molar-refractivity contribution in [2.75, 3.05) is 0 Å². The molecule has 0 aliphatic heterocycles. The standard InChI is InChI=1S/C25H36O2/c1-4-5-6-7-8-9-10-15-21-16-12-14-19-24(21)27-25(2,3)20-22-17-11-13-18-23(22)26/h11-14,16-19,26H,4-10,15,20H2,1-3H3. The lowest BCUT2D eigenvalue weighted by atomic mass is 9.97. The van der Waals surface area contributed by atoms with E-state index >= 15 is 0 Å². The van der Waals surface area contributed by atoms with Crippen molar-refractivity contribution in [2.45, 2.75) is 84.2 Å². The van der Waals surface area contributed by atoms with E-state index in [1.807, 2.05) is 24.3 Å². The summed E-state index contributed by atoms with van der Waals surface area (Å²) in [6.45, 7) is 6.44. The van der Waals surface area contributed by atoms with Gasteiger partial charge in [-0.25, -0.2) is 0 Å². The molecule has 0 saturated carbocycles. The van der Waals surface area contributed by atoms with Crippen molar-refractivity contribution < 1.29 is 9.84 Å². The smallest absolute Gasteiger partial charge is 0.123 e. The highest BCUT2D eigenvalue weighted by molar-refractivity contribution is 5.36. The Morgan fingerprint density at radius 1 is 0.778 bits per heavy atom. The highest BCUT2D eigenvalue weighted by Crippen LogP contribution is 2.29. The molecule has 2 heteroatoms. The number of ether oxygens (including phenoxy) is 1. The number of phenolic OH excluding ortho intramolecular Hbond substituents is 1. The summed E-state index contributed by atoms with van der Waals surface area (Å²) in [5, 5.41) is 10.1. The summed E-state index contributed by atoms with van der Waals surface area (Å²) >= 11 is 0. The Bertz CT molecular complexity index is 676. The zero-order valence-corrected chi connectivity index (χ0v) is 17.3. The van der Waals surface area contributed by atoms with Crippen molar-refractivity contribution in [3.05, 3.63) is 59.7 Å². The fraction of sp³-hybridized carbons (Fsp3) is 0.520. The van der Waals surface area contributed by atoms with Crippen LogP contribution in [0, 0.1) is 0 Å². The fourth-order valence-corrected chi connectivity index (χ4v) is 3.54. The number of aromatic hydroxyl groups is 1. The number of hydrogen-bond acceptors (Lipinski definition) is 2. The molecule has 0 amide bonds. The molecular weight excluding hydrogens is 332 g/mol. The Morgan fingerprint density at radius 2 is 1.37 bits per heavy atom. The number of phenols is 1. The van der Waals surface area contributed by atoms with Crippen molar-refractivity contribution in [1.82, 2.24) is 0 Å². The average Bonchev–Trinajstić information content (AvgIpc) is 2.64. The summed E-state index contributed by atoms with van der Waals surface area (Å²) in [6.07, 6.45) is 11.0. The summed E-state index contributed by atoms with van der Waals surface area (Å²) < 4.78 is 6.39. The van der Waals surface area contributed by atoms with Gasteiger partial charge in [0.25, 0.3) is 0 Å². The largest absolute Gasteiger partial charge is 0.508 e. The first kappa shape index (κ1) is 21.3. The molecule has 2 aromatic rings. The summed E-state index contributed by atoms with van der Waals surface area (Å²) in [6, 6.07) is 15.9. The molecule has 0 bridgehead atoms. The van der Waals surface area contributed by atoms with Crippen LogP contribution >= 0.6 is 0 Å². The molecule has 2 rings (SSSR count). The van der Waals surface area contributed by atoms with Gasteiger partial charge in [-0.15, -0.1) is 0 Å². The van der Waals surface area contributed by atoms with Crippen LogP contribution in [-0.2, 0) is 12.8 Å². The molecule has 0 fully saturated rings. The fourth-order valence-electron chi connectivity index (χ4n) is 3.54. The molecule has 2 aromatic carbocycles. The van der Waals surface area contributed by atoms with Crippen LogP contribution in [0.15, 0.2) is 48.5 Å². The zero-order chi connectivity index (χ0) is 19.5. The third kappa shape index (κ3) is 7.66. The molecule has 0 unspecified atom stereocenters. The molecule has 148 valence electrons. The Morgan fingerprint density at radius 3 is 2.07 bits per heavy atom. The van der Waals surface area contributed by atoms with Gasteiger partial charge in [-0.05, 0) is 49.9 Å². The maximum atomic E-state index is 10.1. The first-order valence-corrected chi connectivity index (χ1v) is 10.6. The SMILES string of the molecule is CCCCCCCCCc1ccccc1OC(C)(C)Cc1ccccc1O. The zero-order valence-electron chi connectivity index (χ0n) is 17.3. The maximum Gasteiger partial charge on any atom is 0.123 e. The molecule has 0 heterocycles. The van der Waals surface area contributed by atoms with Crippen LogP contribution < -0.4 is 4.74 Å². The minimum Gasteiger partial charge on any atom is -0.508 e. The second-order valence-electron chi connectivity index (χ2n) is 8.15. The summed E-state index contributed by atoms with van der Waals surface area (Å²) in [5.74, 6) is 1.31. The molecule has 0 aliphatic carbocycles. The number of rotatable bonds is 12. The minimum absolute atomic E-state index is 0.338. The van der Waals surface area contributed by atoms with E-state index < -0.39 is 0 Å². The molecule has 0 aromatic heterocycles. The molecular formula is C25H36O2. The van der Waals surface area contributed by atoms with Crippen LogP contribution in [0.2, 0.25) is 0 Å². The van der Waals surface area contributed by atoms with E-state index in [2.05, 4.69) is 39.0 Å². The molecule has 0 saturated heterocycles. The van der Waals surface area contributed by atoms with Crippen LogP contribution in [0.5, 0.6) is 11.5 Å². The quantitative estimate of drug-likeness (QED) is 0.405. The maximum absolute atomic E-state index is 10.1. The van der Waals surface area contributed by atoms with Crippen LogP contribution in [0.4, 0.5) is 0 Å². The molecule has 27 heavy (non-hydrogen) atoms. The molecule has 2 nitrogen and oxygen atoms in total. The van der Waals surface area contributed by atoms with Gasteiger partial charge < -0.3 is 9.84 Å². The summed E-state index contributed by atoms with van der Waals surface area (Å²) in [5.41, 5.74) is 1.83. The van der Waals surface area contributed by atoms with Crippen molar-refractivity contribution in [1.29, 1.82) is 0 Å². The number of aryl methyl sites for hydroxylation is 1. The van der Waals surface area contributed by atoms with Gasteiger partial charge in [-0.3, -0.25) is 0 Å². The monoisotopic (exact) mass is 368 g/mol. The van der Waals surface area contributed by atoms with Crippen LogP contribution in [0.3, 0.4) is 0 Å². The lowest BCUT2D eigenvalue weighted by Crippen LogP contribution is -2.31. The van der Waals surface area contributed by atoms with Crippen LogP contribution in [-0.4, -0.2) is 10.7 Å². The highest BCUT2D eigenvalue weighted by atomic mass is 16.5. The van der Waals surface area contributed by atoms with E-state index in [4.69, 9.17) is 4.74 Å². The molecule has 1 N–H and O–H groups in total. The number of hydrogen-bond donors (Lipinski definition) is 1. The Kier molecular flexibility index (Phi) is 8.71. The summed E-state index contributed by atoms with van der Waals surface area (Å²) in [4.78, 5) is 0. The second kappa shape index (κ2) is 11.0. The normalized spacial score (nSPS) is 11.5. The molecule has 0 aliphatic rings. The number of unbranched alkanes of at least 4 members (excludes halogenated alkanes) is 6. The Labute approximate surface area is 165 Å². The van der Waals surface area contributed by atoms with Crippen molar-refractivity contribution in [3.8, 4) is 11.5 Å². The third-order valence-electron chi connectivity index (χ3n) is 5.02. The highest BCUT2D eigenvalue weighted by Gasteiger charge is 2.23. The van der Waals surface area contributed by atoms with Gasteiger partial charge in [0.15, 0.2) is 0 Å². The minimum atomic E-state index is -0.380. The van der Waals surface area contributed by atoms with E-state index in [0.717, 1.165) is 17.7 Å². The number of para-hydroxylation sites is 2. The first-order valence-electron chi connectivity index (χ1n) is 10.6. The van der Waals surface area contributed by atoms with Crippen molar-refractivity contribution in [3.63, 3.8) is 0 Å². The van der Waals surface area contributed by atoms with Gasteiger partial charge in [-0.1, -0.05) is 81.8 Å². The lowest BCUT2D eigenvalue weighted by molar-refractivity contribution is 0.107. The van der Waals surface area contributed by atoms with Gasteiger partial charge in [0.2, 0.25) is 0 Å². The molecule has 0 spiro atoms. The first-order chi connectivity index (χ1) is 13.0. The van der Waals surface area contributed by atoms with E-state index in [1.165, 1.54) is 50.5 Å². The average molecular weight is 369 g/mol. The third-order valence-corrected chi connectivity index (χ3v) is 5.02. The molecule has 0 atom stereocenters. The van der Waals surface area contributed by atoms with Gasteiger partial charge >= 0.3 is 0 Å².